The van der Waals surface area contributed by atoms with Crippen LogP contribution in [-0.4, -0.2) is 70.7 Å². The van der Waals surface area contributed by atoms with Crippen molar-refractivity contribution in [3.63, 3.8) is 0 Å². The number of piperidine rings is 1. The maximum atomic E-state index is 13.9. The molecule has 10 nitrogen and oxygen atoms in total. The number of imidazole rings is 1. The molecule has 0 radical (unpaired) electrons. The number of H-pyrrole nitrogens is 1. The summed E-state index contributed by atoms with van der Waals surface area (Å²) < 4.78 is 5.27. The maximum Gasteiger partial charge on any atom is 0.315 e. The maximum absolute atomic E-state index is 13.9. The number of methoxy groups -OCH3 is 1. The smallest absolute Gasteiger partial charge is 0.315 e. The highest BCUT2D eigenvalue weighted by molar-refractivity contribution is 5.87. The fourth-order valence-electron chi connectivity index (χ4n) is 6.70. The minimum Gasteiger partial charge on any atom is -0.497 e. The number of carbonyl (C=O) groups is 3. The lowest BCUT2D eigenvalue weighted by Gasteiger charge is -2.49. The Morgan fingerprint density at radius 2 is 1.88 bits per heavy atom. The zero-order valence-corrected chi connectivity index (χ0v) is 24.2. The van der Waals surface area contributed by atoms with Crippen LogP contribution in [0.25, 0.3) is 0 Å². The molecule has 2 aliphatic rings. The zero-order chi connectivity index (χ0) is 29.1. The number of carboxylic acids is 1. The van der Waals surface area contributed by atoms with Crippen molar-refractivity contribution in [2.45, 2.75) is 83.1 Å². The second kappa shape index (κ2) is 14.9. The zero-order valence-electron chi connectivity index (χ0n) is 24.2. The van der Waals surface area contributed by atoms with Crippen molar-refractivity contribution in [2.75, 3.05) is 26.7 Å². The lowest BCUT2D eigenvalue weighted by atomic mass is 9.61. The number of amides is 3. The first-order chi connectivity index (χ1) is 19.9. The highest BCUT2D eigenvalue weighted by atomic mass is 16.5. The van der Waals surface area contributed by atoms with Crippen molar-refractivity contribution >= 4 is 17.9 Å². The van der Waals surface area contributed by atoms with Gasteiger partial charge in [-0.2, -0.15) is 0 Å². The molecule has 1 aromatic heterocycles. The Hall–Kier alpha value is -3.56. The van der Waals surface area contributed by atoms with E-state index in [-0.39, 0.29) is 23.8 Å². The average molecular weight is 568 g/mol. The van der Waals surface area contributed by atoms with Crippen molar-refractivity contribution in [1.82, 2.24) is 25.5 Å². The normalized spacial score (nSPS) is 17.9. The number of aromatic nitrogens is 2. The molecule has 1 saturated heterocycles. The molecule has 1 atom stereocenters. The van der Waals surface area contributed by atoms with Gasteiger partial charge in [-0.05, 0) is 67.6 Å². The predicted molar refractivity (Wildman–Crippen MR) is 156 cm³/mol. The number of ether oxygens (including phenoxy) is 1. The van der Waals surface area contributed by atoms with Crippen LogP contribution in [0.3, 0.4) is 0 Å². The molecule has 0 spiro atoms. The molecule has 2 aromatic rings. The number of aliphatic carboxylic acids is 1. The highest BCUT2D eigenvalue weighted by Gasteiger charge is 2.42. The average Bonchev–Trinajstić information content (AvgIpc) is 3.51. The third-order valence-electron chi connectivity index (χ3n) is 9.03. The molecule has 4 N–H and O–H groups in total. The number of nitrogens with one attached hydrogen (secondary N) is 3. The van der Waals surface area contributed by atoms with Crippen molar-refractivity contribution in [3.05, 3.63) is 48.0 Å². The van der Waals surface area contributed by atoms with E-state index in [1.165, 1.54) is 32.1 Å². The topological polar surface area (TPSA) is 137 Å². The quantitative estimate of drug-likeness (QED) is 0.285. The summed E-state index contributed by atoms with van der Waals surface area (Å²) >= 11 is 0. The molecule has 1 aliphatic heterocycles. The Labute approximate surface area is 242 Å². The van der Waals surface area contributed by atoms with Gasteiger partial charge in [0.25, 0.3) is 0 Å². The van der Waals surface area contributed by atoms with Gasteiger partial charge < -0.3 is 30.4 Å². The van der Waals surface area contributed by atoms with E-state index in [0.29, 0.717) is 44.8 Å². The van der Waals surface area contributed by atoms with E-state index < -0.39 is 12.0 Å². The van der Waals surface area contributed by atoms with E-state index in [1.807, 2.05) is 29.2 Å². The van der Waals surface area contributed by atoms with Crippen LogP contribution in [0.2, 0.25) is 0 Å². The second-order valence-electron chi connectivity index (χ2n) is 11.6. The molecule has 1 unspecified atom stereocenters. The number of hydrogen-bond donors (Lipinski definition) is 4. The Balaban J connectivity index is 1.41. The van der Waals surface area contributed by atoms with Gasteiger partial charge in [0.1, 0.15) is 11.8 Å². The number of rotatable bonds is 13. The molecular weight excluding hydrogens is 522 g/mol. The molecule has 41 heavy (non-hydrogen) atoms. The molecule has 1 aromatic carbocycles. The number of hydrogen-bond acceptors (Lipinski definition) is 5. The number of carboxylic acid groups (broad SMARTS) is 1. The Kier molecular flexibility index (Phi) is 11.0. The Bertz CT molecular complexity index is 1110. The van der Waals surface area contributed by atoms with Gasteiger partial charge in [-0.15, -0.1) is 0 Å². The van der Waals surface area contributed by atoms with Crippen molar-refractivity contribution in [3.8, 4) is 5.75 Å². The summed E-state index contributed by atoms with van der Waals surface area (Å²) in [5.41, 5.74) is 1.88. The second-order valence-corrected chi connectivity index (χ2v) is 11.6. The standard InChI is InChI=1S/C31H45N5O5/c1-41-26-11-9-23(10-12-26)20-27(35-30(40)33-17-13-25-21-32-22-34-25)29(39)36-18-15-31(16-19-36,14-5-8-28(37)38)24-6-3-2-4-7-24/h9-12,21-22,24,27H,2-8,13-20H2,1H3,(H,32,34)(H,37,38)(H2,33,35,40). The van der Waals surface area contributed by atoms with E-state index in [0.717, 1.165) is 36.3 Å². The molecule has 224 valence electrons. The minimum atomic E-state index is -0.744. The first-order valence-corrected chi connectivity index (χ1v) is 15.0. The molecule has 0 bridgehead atoms. The van der Waals surface area contributed by atoms with Crippen LogP contribution in [-0.2, 0) is 22.4 Å². The van der Waals surface area contributed by atoms with Crippen molar-refractivity contribution in [1.29, 1.82) is 0 Å². The molecule has 4 rings (SSSR count). The highest BCUT2D eigenvalue weighted by Crippen LogP contribution is 2.49. The monoisotopic (exact) mass is 567 g/mol. The summed E-state index contributed by atoms with van der Waals surface area (Å²) in [6.07, 6.45) is 14.0. The number of likely N-dealkylation sites (tertiary alicyclic amines) is 1. The summed E-state index contributed by atoms with van der Waals surface area (Å²) in [5, 5.41) is 15.0. The van der Waals surface area contributed by atoms with E-state index in [9.17, 15) is 19.5 Å². The van der Waals surface area contributed by atoms with Gasteiger partial charge >= 0.3 is 12.0 Å². The molecule has 1 aliphatic carbocycles. The number of urea groups is 1. The van der Waals surface area contributed by atoms with E-state index in [2.05, 4.69) is 20.6 Å². The SMILES string of the molecule is COc1ccc(CC(NC(=O)NCCc2c[nH]cn2)C(=O)N2CCC(CCCC(=O)O)(C3CCCCC3)CC2)cc1. The Morgan fingerprint density at radius 3 is 2.51 bits per heavy atom. The Morgan fingerprint density at radius 1 is 1.15 bits per heavy atom. The van der Waals surface area contributed by atoms with Gasteiger partial charge in [0, 0.05) is 45.1 Å². The van der Waals surface area contributed by atoms with Gasteiger partial charge in [-0.3, -0.25) is 9.59 Å². The van der Waals surface area contributed by atoms with Crippen molar-refractivity contribution in [2.24, 2.45) is 11.3 Å². The number of nitrogens with zero attached hydrogens (tertiary/aromatic N) is 2. The van der Waals surface area contributed by atoms with Gasteiger partial charge in [0.05, 0.1) is 19.1 Å². The summed E-state index contributed by atoms with van der Waals surface area (Å²) in [5.74, 6) is 0.507. The van der Waals surface area contributed by atoms with Crippen LogP contribution in [0, 0.1) is 11.3 Å². The van der Waals surface area contributed by atoms with E-state index in [1.54, 1.807) is 19.6 Å². The fraction of sp³-hybridized carbons (Fsp3) is 0.613. The van der Waals surface area contributed by atoms with Crippen LogP contribution in [0.1, 0.15) is 75.5 Å². The minimum absolute atomic E-state index is 0.0777. The van der Waals surface area contributed by atoms with Crippen LogP contribution in [0.15, 0.2) is 36.8 Å². The first-order valence-electron chi connectivity index (χ1n) is 15.0. The van der Waals surface area contributed by atoms with E-state index >= 15 is 0 Å². The van der Waals surface area contributed by atoms with E-state index in [4.69, 9.17) is 4.74 Å². The van der Waals surface area contributed by atoms with Gasteiger partial charge in [-0.1, -0.05) is 31.4 Å². The summed E-state index contributed by atoms with van der Waals surface area (Å²) in [6, 6.07) is 6.47. The largest absolute Gasteiger partial charge is 0.497 e. The number of benzene rings is 1. The molecule has 3 amide bonds. The van der Waals surface area contributed by atoms with Crippen LogP contribution < -0.4 is 15.4 Å². The van der Waals surface area contributed by atoms with Crippen molar-refractivity contribution < 1.29 is 24.2 Å². The first kappa shape index (κ1) is 30.4. The lowest BCUT2D eigenvalue weighted by Crippen LogP contribution is -2.55. The molecule has 2 heterocycles. The van der Waals surface area contributed by atoms with Gasteiger partial charge in [0.2, 0.25) is 5.91 Å². The third kappa shape index (κ3) is 8.71. The number of aromatic amines is 1. The fourth-order valence-corrected chi connectivity index (χ4v) is 6.70. The summed E-state index contributed by atoms with van der Waals surface area (Å²) in [6.45, 7) is 1.66. The molecule has 10 heteroatoms. The van der Waals surface area contributed by atoms with Gasteiger partial charge in [0.15, 0.2) is 0 Å². The van der Waals surface area contributed by atoms with Crippen LogP contribution in [0.5, 0.6) is 5.75 Å². The summed E-state index contributed by atoms with van der Waals surface area (Å²) in [7, 11) is 1.61. The molecule has 2 fully saturated rings. The number of carbonyl (C=O) groups excluding carboxylic acids is 2. The van der Waals surface area contributed by atoms with Crippen LogP contribution in [0.4, 0.5) is 4.79 Å². The van der Waals surface area contributed by atoms with Crippen LogP contribution >= 0.6 is 0 Å². The predicted octanol–water partition coefficient (Wildman–Crippen LogP) is 4.32. The lowest BCUT2D eigenvalue weighted by molar-refractivity contribution is -0.137. The molecular formula is C31H45N5O5. The van der Waals surface area contributed by atoms with Gasteiger partial charge in [-0.25, -0.2) is 9.78 Å². The molecule has 1 saturated carbocycles. The summed E-state index contributed by atoms with van der Waals surface area (Å²) in [4.78, 5) is 46.9. The third-order valence-corrected chi connectivity index (χ3v) is 9.03.